The first kappa shape index (κ1) is 31.1. The molecule has 3 heteroatoms. The Bertz CT molecular complexity index is 652. The van der Waals surface area contributed by atoms with Crippen molar-refractivity contribution < 1.29 is 0 Å². The van der Waals surface area contributed by atoms with E-state index in [1.165, 1.54) is 60.0 Å². The van der Waals surface area contributed by atoms with Gasteiger partial charge in [0, 0.05) is 0 Å². The highest BCUT2D eigenvalue weighted by molar-refractivity contribution is 6.88. The van der Waals surface area contributed by atoms with Crippen LogP contribution in [0.25, 0.3) is 0 Å². The van der Waals surface area contributed by atoms with Crippen molar-refractivity contribution >= 4 is 24.2 Å². The predicted octanol–water partition coefficient (Wildman–Crippen LogP) is 9.09. The fraction of sp³-hybridized carbons (Fsp3) is 0.724. The second kappa shape index (κ2) is 14.4. The van der Waals surface area contributed by atoms with E-state index < -0.39 is 29.6 Å². The summed E-state index contributed by atoms with van der Waals surface area (Å²) in [6.45, 7) is 25.4. The van der Waals surface area contributed by atoms with Crippen molar-refractivity contribution in [3.63, 3.8) is 0 Å². The minimum Gasteiger partial charge on any atom is -0.128 e. The van der Waals surface area contributed by atoms with E-state index in [0.717, 1.165) is 0 Å². The van der Waals surface area contributed by atoms with Crippen LogP contribution in [0.5, 0.6) is 0 Å². The van der Waals surface area contributed by atoms with Gasteiger partial charge in [0.25, 0.3) is 0 Å². The van der Waals surface area contributed by atoms with E-state index in [2.05, 4.69) is 117 Å². The second-order valence-corrected chi connectivity index (χ2v) is 24.6. The van der Waals surface area contributed by atoms with E-state index in [-0.39, 0.29) is 0 Å². The summed E-state index contributed by atoms with van der Waals surface area (Å²) in [6.07, 6.45) is 2.29. The topological polar surface area (TPSA) is 0 Å². The Morgan fingerprint density at radius 2 is 0.719 bits per heavy atom. The maximum Gasteiger partial charge on any atom is 0.168 e. The van der Waals surface area contributed by atoms with Crippen molar-refractivity contribution in [1.82, 2.24) is 0 Å². The lowest BCUT2D eigenvalue weighted by molar-refractivity contribution is 0.923. The maximum atomic E-state index is 3.88. The molecule has 0 radical (unpaired) electrons. The Hall–Kier alpha value is -0.929. The van der Waals surface area contributed by atoms with Crippen LogP contribution >= 0.6 is 0 Å². The Kier molecular flexibility index (Phi) is 13.9. The van der Waals surface area contributed by atoms with E-state index >= 15 is 0 Å². The Morgan fingerprint density at radius 1 is 0.500 bits per heavy atom. The Morgan fingerprint density at radius 3 is 0.875 bits per heavy atom. The molecular formula is C29H52Si3. The molecule has 0 nitrogen and oxygen atoms in total. The summed E-state index contributed by atoms with van der Waals surface area (Å²) < 4.78 is 0. The molecule has 0 saturated heterocycles. The average molecular weight is 485 g/mol. The molecule has 0 aromatic carbocycles. The van der Waals surface area contributed by atoms with Crippen LogP contribution in [0.2, 0.25) is 54.4 Å². The Balaban J connectivity index is 7.22. The van der Waals surface area contributed by atoms with Gasteiger partial charge in [0.2, 0.25) is 0 Å². The second-order valence-electron chi connectivity index (χ2n) is 9.80. The molecule has 0 atom stereocenters. The molecule has 0 heterocycles. The highest BCUT2D eigenvalue weighted by Gasteiger charge is 2.30. The molecule has 0 aromatic heterocycles. The van der Waals surface area contributed by atoms with Gasteiger partial charge in [-0.15, -0.1) is 16.6 Å². The van der Waals surface area contributed by atoms with Crippen LogP contribution in [0.1, 0.15) is 76.2 Å². The normalized spacial score (nSPS) is 12.0. The van der Waals surface area contributed by atoms with Crippen molar-refractivity contribution in [3.8, 4) is 34.4 Å². The van der Waals surface area contributed by atoms with Gasteiger partial charge >= 0.3 is 0 Å². The monoisotopic (exact) mass is 484 g/mol. The van der Waals surface area contributed by atoms with Crippen molar-refractivity contribution in [3.05, 3.63) is 11.6 Å². The van der Waals surface area contributed by atoms with E-state index in [1.54, 1.807) is 0 Å². The molecule has 0 aromatic rings. The lowest BCUT2D eigenvalue weighted by Crippen LogP contribution is -2.32. The van der Waals surface area contributed by atoms with Crippen molar-refractivity contribution in [1.29, 1.82) is 0 Å². The fourth-order valence-corrected chi connectivity index (χ4v) is 11.9. The smallest absolute Gasteiger partial charge is 0.128 e. The van der Waals surface area contributed by atoms with Gasteiger partial charge < -0.3 is 0 Å². The third kappa shape index (κ3) is 8.45. The third-order valence-corrected chi connectivity index (χ3v) is 22.3. The van der Waals surface area contributed by atoms with Crippen molar-refractivity contribution in [2.24, 2.45) is 5.41 Å². The lowest BCUT2D eigenvalue weighted by Gasteiger charge is -2.24. The number of hydrogen-bond donors (Lipinski definition) is 0. The molecule has 0 aliphatic carbocycles. The van der Waals surface area contributed by atoms with Crippen LogP contribution < -0.4 is 0 Å². The molecule has 0 unspecified atom stereocenters. The van der Waals surface area contributed by atoms with Crippen molar-refractivity contribution in [2.75, 3.05) is 0 Å². The zero-order chi connectivity index (χ0) is 24.9. The molecule has 0 spiro atoms. The van der Waals surface area contributed by atoms with Crippen LogP contribution in [0.15, 0.2) is 11.6 Å². The van der Waals surface area contributed by atoms with E-state index in [0.29, 0.717) is 0 Å². The highest BCUT2D eigenvalue weighted by atomic mass is 28.3. The van der Waals surface area contributed by atoms with Crippen molar-refractivity contribution in [2.45, 2.75) is 131 Å². The number of hydrogen-bond acceptors (Lipinski definition) is 0. The van der Waals surface area contributed by atoms with E-state index in [1.807, 2.05) is 0 Å². The molecule has 0 rings (SSSR count). The van der Waals surface area contributed by atoms with Crippen LogP contribution in [-0.4, -0.2) is 24.2 Å². The van der Waals surface area contributed by atoms with E-state index in [4.69, 9.17) is 0 Å². The molecule has 0 bridgehead atoms. The standard InChI is InChI=1S/C29H52Si3/c1-12-30(13-2,14-3)24-21-29(27-28(10)11,22-25-31(15-4,16-5)17-6)23-26-32(18-7,19-8)20-9/h27H,12-20H2,1-11H3. The average Bonchev–Trinajstić information content (AvgIpc) is 2.82. The molecule has 180 valence electrons. The zero-order valence-corrected chi connectivity index (χ0v) is 26.4. The molecule has 32 heavy (non-hydrogen) atoms. The fourth-order valence-electron chi connectivity index (χ4n) is 4.37. The first-order chi connectivity index (χ1) is 15.1. The van der Waals surface area contributed by atoms with Gasteiger partial charge in [0.05, 0.1) is 0 Å². The molecule has 0 amide bonds. The molecule has 0 aliphatic heterocycles. The van der Waals surface area contributed by atoms with Crippen LogP contribution in [-0.2, 0) is 0 Å². The first-order valence-corrected chi connectivity index (χ1v) is 21.2. The number of rotatable bonds is 10. The largest absolute Gasteiger partial charge is 0.168 e. The third-order valence-electron chi connectivity index (χ3n) is 8.17. The predicted molar refractivity (Wildman–Crippen MR) is 157 cm³/mol. The molecular weight excluding hydrogens is 433 g/mol. The first-order valence-electron chi connectivity index (χ1n) is 13.4. The summed E-state index contributed by atoms with van der Waals surface area (Å²) in [5.41, 5.74) is 12.3. The van der Waals surface area contributed by atoms with Gasteiger partial charge in [-0.25, -0.2) is 0 Å². The van der Waals surface area contributed by atoms with Gasteiger partial charge in [0.15, 0.2) is 5.41 Å². The van der Waals surface area contributed by atoms with Gasteiger partial charge in [0.1, 0.15) is 24.2 Å². The summed E-state index contributed by atoms with van der Waals surface area (Å²) in [7, 11) is -4.74. The molecule has 0 fully saturated rings. The summed E-state index contributed by atoms with van der Waals surface area (Å²) in [4.78, 5) is 0. The quantitative estimate of drug-likeness (QED) is 0.165. The highest BCUT2D eigenvalue weighted by Crippen LogP contribution is 2.27. The minimum atomic E-state index is -1.58. The molecule has 0 N–H and O–H groups in total. The minimum absolute atomic E-state index is 0.605. The number of allylic oxidation sites excluding steroid dienone is 2. The van der Waals surface area contributed by atoms with Gasteiger partial charge in [-0.1, -0.05) is 85.6 Å². The summed E-state index contributed by atoms with van der Waals surface area (Å²) in [5, 5.41) is 0. The summed E-state index contributed by atoms with van der Waals surface area (Å²) >= 11 is 0. The Labute approximate surface area is 205 Å². The van der Waals surface area contributed by atoms with Gasteiger partial charge in [-0.05, 0) is 74.3 Å². The zero-order valence-electron chi connectivity index (χ0n) is 23.4. The van der Waals surface area contributed by atoms with Crippen LogP contribution in [0.3, 0.4) is 0 Å². The van der Waals surface area contributed by atoms with E-state index in [9.17, 15) is 0 Å². The molecule has 0 saturated carbocycles. The van der Waals surface area contributed by atoms with Crippen LogP contribution in [0.4, 0.5) is 0 Å². The van der Waals surface area contributed by atoms with Gasteiger partial charge in [-0.3, -0.25) is 0 Å². The van der Waals surface area contributed by atoms with Gasteiger partial charge in [-0.2, -0.15) is 0 Å². The summed E-state index contributed by atoms with van der Waals surface area (Å²) in [6, 6.07) is 10.9. The summed E-state index contributed by atoms with van der Waals surface area (Å²) in [5.74, 6) is 11.3. The molecule has 0 aliphatic rings. The SMILES string of the molecule is CC[Si](C#CC(C#C[Si](CC)(CC)CC)(C#C[Si](CC)(CC)CC)C=C(C)C)(CC)CC. The maximum absolute atomic E-state index is 3.88. The lowest BCUT2D eigenvalue weighted by atomic mass is 9.89. The van der Waals surface area contributed by atoms with Crippen LogP contribution in [0, 0.1) is 39.8 Å².